The lowest BCUT2D eigenvalue weighted by Crippen LogP contribution is -2.47. The Morgan fingerprint density at radius 2 is 1.89 bits per heavy atom. The van der Waals surface area contributed by atoms with E-state index in [0.717, 1.165) is 23.4 Å². The molecule has 0 fully saturated rings. The van der Waals surface area contributed by atoms with Gasteiger partial charge in [-0.3, -0.25) is 15.6 Å². The summed E-state index contributed by atoms with van der Waals surface area (Å²) in [5, 5.41) is 3.37. The van der Waals surface area contributed by atoms with Gasteiger partial charge in [0.2, 0.25) is 0 Å². The maximum absolute atomic E-state index is 12.2. The van der Waals surface area contributed by atoms with E-state index in [1.165, 1.54) is 0 Å². The predicted octanol–water partition coefficient (Wildman–Crippen LogP) is 4.06. The van der Waals surface area contributed by atoms with E-state index in [2.05, 4.69) is 56.0 Å². The van der Waals surface area contributed by atoms with Crippen LogP contribution in [0.15, 0.2) is 34.7 Å². The van der Waals surface area contributed by atoms with E-state index in [1.807, 2.05) is 13.0 Å². The van der Waals surface area contributed by atoms with Gasteiger partial charge >= 0.3 is 5.91 Å². The molecule has 0 unspecified atom stereocenters. The molecule has 152 valence electrons. The van der Waals surface area contributed by atoms with Crippen molar-refractivity contribution in [1.29, 1.82) is 0 Å². The SMILES string of the molecule is Cc1ccc(C(C)C)c(OCc2ccc(C(=O)NNC(=S)NCC(C)C)o2)c1. The lowest BCUT2D eigenvalue weighted by molar-refractivity contribution is 0.0911. The maximum Gasteiger partial charge on any atom is 0.305 e. The van der Waals surface area contributed by atoms with Crippen LogP contribution in [0.5, 0.6) is 5.75 Å². The number of rotatable bonds is 7. The third-order valence-corrected chi connectivity index (χ3v) is 4.25. The van der Waals surface area contributed by atoms with Crippen LogP contribution in [0.1, 0.15) is 61.1 Å². The maximum atomic E-state index is 12.2. The van der Waals surface area contributed by atoms with Crippen LogP contribution in [0.2, 0.25) is 0 Å². The van der Waals surface area contributed by atoms with Gasteiger partial charge in [0.05, 0.1) is 0 Å². The average Bonchev–Trinajstić information content (AvgIpc) is 3.11. The van der Waals surface area contributed by atoms with E-state index in [-0.39, 0.29) is 12.4 Å². The van der Waals surface area contributed by atoms with E-state index >= 15 is 0 Å². The highest BCUT2D eigenvalue weighted by atomic mass is 32.1. The first kappa shape index (κ1) is 21.8. The minimum Gasteiger partial charge on any atom is -0.485 e. The smallest absolute Gasteiger partial charge is 0.305 e. The molecule has 1 aromatic heterocycles. The molecule has 7 heteroatoms. The summed E-state index contributed by atoms with van der Waals surface area (Å²) < 4.78 is 11.5. The molecule has 0 aliphatic heterocycles. The quantitative estimate of drug-likeness (QED) is 0.478. The van der Waals surface area contributed by atoms with Crippen molar-refractivity contribution in [2.24, 2.45) is 5.92 Å². The molecule has 1 aromatic carbocycles. The van der Waals surface area contributed by atoms with Crippen LogP contribution in [-0.2, 0) is 6.61 Å². The van der Waals surface area contributed by atoms with Crippen LogP contribution in [0, 0.1) is 12.8 Å². The summed E-state index contributed by atoms with van der Waals surface area (Å²) in [5.41, 5.74) is 7.44. The monoisotopic (exact) mass is 403 g/mol. The highest BCUT2D eigenvalue weighted by molar-refractivity contribution is 7.80. The predicted molar refractivity (Wildman–Crippen MR) is 114 cm³/mol. The Bertz CT molecular complexity index is 815. The number of thiocarbonyl (C=S) groups is 1. The number of ether oxygens (including phenoxy) is 1. The van der Waals surface area contributed by atoms with Crippen molar-refractivity contribution in [3.63, 3.8) is 0 Å². The fraction of sp³-hybridized carbons (Fsp3) is 0.429. The van der Waals surface area contributed by atoms with Crippen LogP contribution in [-0.4, -0.2) is 17.6 Å². The largest absolute Gasteiger partial charge is 0.485 e. The minimum absolute atomic E-state index is 0.186. The van der Waals surface area contributed by atoms with Gasteiger partial charge in [0, 0.05) is 6.54 Å². The first-order valence-corrected chi connectivity index (χ1v) is 9.83. The van der Waals surface area contributed by atoms with Crippen molar-refractivity contribution >= 4 is 23.2 Å². The molecule has 0 saturated heterocycles. The van der Waals surface area contributed by atoms with Gasteiger partial charge in [0.1, 0.15) is 18.1 Å². The summed E-state index contributed by atoms with van der Waals surface area (Å²) >= 11 is 5.10. The molecule has 0 radical (unpaired) electrons. The van der Waals surface area contributed by atoms with Gasteiger partial charge in [0.15, 0.2) is 10.9 Å². The van der Waals surface area contributed by atoms with Crippen molar-refractivity contribution in [3.8, 4) is 5.75 Å². The van der Waals surface area contributed by atoms with Crippen LogP contribution >= 0.6 is 12.2 Å². The molecule has 2 rings (SSSR count). The van der Waals surface area contributed by atoms with Gasteiger partial charge in [-0.15, -0.1) is 0 Å². The number of furan rings is 1. The molecule has 2 aromatic rings. The number of amides is 1. The summed E-state index contributed by atoms with van der Waals surface area (Å²) in [6.07, 6.45) is 0. The Labute approximate surface area is 172 Å². The number of nitrogens with one attached hydrogen (secondary N) is 3. The van der Waals surface area contributed by atoms with Crippen LogP contribution in [0.25, 0.3) is 0 Å². The fourth-order valence-electron chi connectivity index (χ4n) is 2.49. The van der Waals surface area contributed by atoms with Crippen molar-refractivity contribution in [1.82, 2.24) is 16.2 Å². The van der Waals surface area contributed by atoms with E-state index in [9.17, 15) is 4.79 Å². The van der Waals surface area contributed by atoms with Crippen molar-refractivity contribution < 1.29 is 13.9 Å². The molecular weight excluding hydrogens is 374 g/mol. The molecule has 1 heterocycles. The molecule has 0 spiro atoms. The van der Waals surface area contributed by atoms with Gasteiger partial charge < -0.3 is 14.5 Å². The van der Waals surface area contributed by atoms with Crippen molar-refractivity contribution in [2.75, 3.05) is 6.54 Å². The Hall–Kier alpha value is -2.54. The Kier molecular flexibility index (Phi) is 7.87. The lowest BCUT2D eigenvalue weighted by Gasteiger charge is -2.14. The normalized spacial score (nSPS) is 10.8. The van der Waals surface area contributed by atoms with Gasteiger partial charge in [-0.1, -0.05) is 39.8 Å². The molecule has 0 aliphatic carbocycles. The van der Waals surface area contributed by atoms with Crippen LogP contribution in [0.3, 0.4) is 0 Å². The summed E-state index contributed by atoms with van der Waals surface area (Å²) in [4.78, 5) is 12.2. The van der Waals surface area contributed by atoms with E-state index in [0.29, 0.717) is 22.7 Å². The first-order chi connectivity index (χ1) is 13.3. The summed E-state index contributed by atoms with van der Waals surface area (Å²) in [5.74, 6) is 1.99. The average molecular weight is 404 g/mol. The van der Waals surface area contributed by atoms with Crippen molar-refractivity contribution in [3.05, 3.63) is 53.0 Å². The highest BCUT2D eigenvalue weighted by Crippen LogP contribution is 2.28. The van der Waals surface area contributed by atoms with E-state index < -0.39 is 5.91 Å². The van der Waals surface area contributed by atoms with Crippen LogP contribution < -0.4 is 20.9 Å². The number of aryl methyl sites for hydroxylation is 1. The van der Waals surface area contributed by atoms with E-state index in [1.54, 1.807) is 12.1 Å². The third kappa shape index (κ3) is 6.56. The van der Waals surface area contributed by atoms with Gasteiger partial charge in [0.25, 0.3) is 0 Å². The molecule has 0 bridgehead atoms. The highest BCUT2D eigenvalue weighted by Gasteiger charge is 2.13. The molecule has 3 N–H and O–H groups in total. The Morgan fingerprint density at radius 1 is 1.14 bits per heavy atom. The Morgan fingerprint density at radius 3 is 2.57 bits per heavy atom. The summed E-state index contributed by atoms with van der Waals surface area (Å²) in [6.45, 7) is 11.4. The number of hydrazine groups is 1. The molecule has 28 heavy (non-hydrogen) atoms. The molecule has 0 aliphatic rings. The number of benzene rings is 1. The van der Waals surface area contributed by atoms with Crippen LogP contribution in [0.4, 0.5) is 0 Å². The molecule has 0 saturated carbocycles. The van der Waals surface area contributed by atoms with Gasteiger partial charge in [-0.05, 0) is 60.3 Å². The summed E-state index contributed by atoms with van der Waals surface area (Å²) in [6, 6.07) is 9.51. The lowest BCUT2D eigenvalue weighted by atomic mass is 10.0. The van der Waals surface area contributed by atoms with Gasteiger partial charge in [-0.25, -0.2) is 0 Å². The fourth-order valence-corrected chi connectivity index (χ4v) is 2.62. The molecule has 0 atom stereocenters. The molecule has 6 nitrogen and oxygen atoms in total. The second kappa shape index (κ2) is 10.1. The second-order valence-electron chi connectivity index (χ2n) is 7.43. The van der Waals surface area contributed by atoms with Gasteiger partial charge in [-0.2, -0.15) is 0 Å². The molecule has 1 amide bonds. The molecular formula is C21H29N3O3S. The standard InChI is InChI=1S/C21H29N3O3S/c1-13(2)11-22-21(28)24-23-20(25)18-9-7-16(27-18)12-26-19-10-15(5)6-8-17(19)14(3)4/h6-10,13-14H,11-12H2,1-5H3,(H,23,25)(H2,22,24,28). The summed E-state index contributed by atoms with van der Waals surface area (Å²) in [7, 11) is 0. The first-order valence-electron chi connectivity index (χ1n) is 9.42. The topological polar surface area (TPSA) is 75.5 Å². The van der Waals surface area contributed by atoms with E-state index in [4.69, 9.17) is 21.4 Å². The zero-order valence-electron chi connectivity index (χ0n) is 17.1. The number of hydrogen-bond donors (Lipinski definition) is 3. The zero-order chi connectivity index (χ0) is 20.7. The second-order valence-corrected chi connectivity index (χ2v) is 7.84. The minimum atomic E-state index is -0.404. The zero-order valence-corrected chi connectivity index (χ0v) is 17.9. The van der Waals surface area contributed by atoms with Crippen molar-refractivity contribution in [2.45, 2.75) is 47.1 Å². The number of hydrogen-bond acceptors (Lipinski definition) is 4. The number of carbonyl (C=O) groups is 1. The Balaban J connectivity index is 1.89. The third-order valence-electron chi connectivity index (χ3n) is 4.01. The number of carbonyl (C=O) groups excluding carboxylic acids is 1.